The van der Waals surface area contributed by atoms with Gasteiger partial charge in [-0.25, -0.2) is 8.42 Å². The molecule has 0 atom stereocenters. The van der Waals surface area contributed by atoms with Crippen molar-refractivity contribution in [3.05, 3.63) is 60.7 Å². The minimum atomic E-state index is -3.41. The maximum absolute atomic E-state index is 11.9. The zero-order valence-electron chi connectivity index (χ0n) is 14.1. The van der Waals surface area contributed by atoms with E-state index >= 15 is 0 Å². The van der Waals surface area contributed by atoms with Gasteiger partial charge in [0.05, 0.1) is 31.5 Å². The number of nitrogens with zero attached hydrogens (tertiary/aromatic N) is 1. The topological polar surface area (TPSA) is 75.7 Å². The van der Waals surface area contributed by atoms with Gasteiger partial charge in [-0.2, -0.15) is 0 Å². The van der Waals surface area contributed by atoms with Crippen LogP contribution < -0.4 is 14.4 Å². The summed E-state index contributed by atoms with van der Waals surface area (Å²) in [6.07, 6.45) is 1.36. The van der Waals surface area contributed by atoms with Crippen molar-refractivity contribution in [2.45, 2.75) is 6.42 Å². The van der Waals surface area contributed by atoms with Crippen LogP contribution in [0.25, 0.3) is 0 Å². The van der Waals surface area contributed by atoms with Crippen LogP contribution in [0.15, 0.2) is 60.7 Å². The number of hydrogen-bond acceptors (Lipinski definition) is 4. The van der Waals surface area contributed by atoms with Gasteiger partial charge in [-0.1, -0.05) is 36.4 Å². The van der Waals surface area contributed by atoms with Crippen LogP contribution in [0.2, 0.25) is 0 Å². The Balaban J connectivity index is 1.77. The van der Waals surface area contributed by atoms with Crippen molar-refractivity contribution in [1.82, 2.24) is 5.32 Å². The van der Waals surface area contributed by atoms with Crippen LogP contribution in [-0.2, 0) is 14.8 Å². The first kappa shape index (κ1) is 18.8. The summed E-state index contributed by atoms with van der Waals surface area (Å²) in [4.78, 5) is 11.8. The van der Waals surface area contributed by atoms with Gasteiger partial charge in [0.15, 0.2) is 0 Å². The molecule has 134 valence electrons. The summed E-state index contributed by atoms with van der Waals surface area (Å²) in [5, 5.41) is 2.72. The SMILES string of the molecule is CS(=O)(=O)N(CCNC(=O)CCOc1ccccc1)c1ccccc1. The summed E-state index contributed by atoms with van der Waals surface area (Å²) in [7, 11) is -3.41. The van der Waals surface area contributed by atoms with E-state index in [1.807, 2.05) is 36.4 Å². The highest BCUT2D eigenvalue weighted by Crippen LogP contribution is 2.15. The zero-order valence-corrected chi connectivity index (χ0v) is 14.9. The van der Waals surface area contributed by atoms with Crippen LogP contribution in [0, 0.1) is 0 Å². The van der Waals surface area contributed by atoms with Crippen molar-refractivity contribution in [3.8, 4) is 5.75 Å². The summed E-state index contributed by atoms with van der Waals surface area (Å²) >= 11 is 0. The van der Waals surface area contributed by atoms with E-state index in [0.29, 0.717) is 11.4 Å². The Labute approximate surface area is 148 Å². The van der Waals surface area contributed by atoms with Gasteiger partial charge in [0.1, 0.15) is 5.75 Å². The highest BCUT2D eigenvalue weighted by molar-refractivity contribution is 7.92. The van der Waals surface area contributed by atoms with Crippen LogP contribution in [-0.4, -0.2) is 40.3 Å². The number of benzene rings is 2. The Morgan fingerprint density at radius 3 is 2.24 bits per heavy atom. The van der Waals surface area contributed by atoms with Gasteiger partial charge >= 0.3 is 0 Å². The smallest absolute Gasteiger partial charge is 0.232 e. The van der Waals surface area contributed by atoms with Crippen molar-refractivity contribution >= 4 is 21.6 Å². The van der Waals surface area contributed by atoms with E-state index in [-0.39, 0.29) is 32.0 Å². The molecular formula is C18H22N2O4S. The Hall–Kier alpha value is -2.54. The molecule has 0 aliphatic heterocycles. The monoisotopic (exact) mass is 362 g/mol. The van der Waals surface area contributed by atoms with Crippen LogP contribution in [0.3, 0.4) is 0 Å². The standard InChI is InChI=1S/C18H22N2O4S/c1-25(22,23)20(16-8-4-2-5-9-16)14-13-19-18(21)12-15-24-17-10-6-3-7-11-17/h2-11H,12-15H2,1H3,(H,19,21). The number of ether oxygens (including phenoxy) is 1. The molecule has 6 nitrogen and oxygen atoms in total. The molecular weight excluding hydrogens is 340 g/mol. The molecule has 2 aromatic rings. The molecule has 2 rings (SSSR count). The zero-order chi connectivity index (χ0) is 18.1. The van der Waals surface area contributed by atoms with Gasteiger partial charge in [-0.05, 0) is 24.3 Å². The van der Waals surface area contributed by atoms with Crippen LogP contribution >= 0.6 is 0 Å². The van der Waals surface area contributed by atoms with Gasteiger partial charge in [-0.3, -0.25) is 9.10 Å². The Morgan fingerprint density at radius 1 is 1.04 bits per heavy atom. The molecule has 0 aliphatic rings. The van der Waals surface area contributed by atoms with E-state index in [9.17, 15) is 13.2 Å². The van der Waals surface area contributed by atoms with Crippen molar-refractivity contribution in [1.29, 1.82) is 0 Å². The number of carbonyl (C=O) groups is 1. The molecule has 0 fully saturated rings. The van der Waals surface area contributed by atoms with E-state index in [1.165, 1.54) is 4.31 Å². The molecule has 0 radical (unpaired) electrons. The van der Waals surface area contributed by atoms with Gasteiger partial charge in [0, 0.05) is 6.54 Å². The molecule has 0 unspecified atom stereocenters. The second-order valence-electron chi connectivity index (χ2n) is 5.43. The number of hydrogen-bond donors (Lipinski definition) is 1. The molecule has 0 bridgehead atoms. The molecule has 2 aromatic carbocycles. The fraction of sp³-hybridized carbons (Fsp3) is 0.278. The molecule has 0 saturated carbocycles. The quantitative estimate of drug-likeness (QED) is 0.741. The number of para-hydroxylation sites is 2. The lowest BCUT2D eigenvalue weighted by Gasteiger charge is -2.22. The molecule has 0 aliphatic carbocycles. The predicted octanol–water partition coefficient (Wildman–Crippen LogP) is 2.04. The van der Waals surface area contributed by atoms with Gasteiger partial charge in [-0.15, -0.1) is 0 Å². The summed E-state index contributed by atoms with van der Waals surface area (Å²) in [5.41, 5.74) is 0.576. The van der Waals surface area contributed by atoms with Crippen LogP contribution in [0.4, 0.5) is 5.69 Å². The number of sulfonamides is 1. The first-order valence-corrected chi connectivity index (χ1v) is 9.79. The molecule has 0 heterocycles. The maximum atomic E-state index is 11.9. The first-order valence-electron chi connectivity index (χ1n) is 7.94. The molecule has 25 heavy (non-hydrogen) atoms. The van der Waals surface area contributed by atoms with E-state index in [1.54, 1.807) is 24.3 Å². The fourth-order valence-corrected chi connectivity index (χ4v) is 3.17. The highest BCUT2D eigenvalue weighted by atomic mass is 32.2. The average Bonchev–Trinajstić information content (AvgIpc) is 2.59. The maximum Gasteiger partial charge on any atom is 0.232 e. The van der Waals surface area contributed by atoms with E-state index in [0.717, 1.165) is 6.26 Å². The summed E-state index contributed by atoms with van der Waals surface area (Å²) in [6, 6.07) is 18.0. The average molecular weight is 362 g/mol. The number of rotatable bonds is 9. The van der Waals surface area contributed by atoms with Crippen molar-refractivity contribution in [3.63, 3.8) is 0 Å². The van der Waals surface area contributed by atoms with Crippen LogP contribution in [0.1, 0.15) is 6.42 Å². The third-order valence-electron chi connectivity index (χ3n) is 3.42. The normalized spacial score (nSPS) is 10.9. The fourth-order valence-electron chi connectivity index (χ4n) is 2.24. The number of anilines is 1. The molecule has 0 spiro atoms. The van der Waals surface area contributed by atoms with Gasteiger partial charge in [0.25, 0.3) is 0 Å². The van der Waals surface area contributed by atoms with Crippen molar-refractivity contribution in [2.75, 3.05) is 30.3 Å². The van der Waals surface area contributed by atoms with E-state index in [4.69, 9.17) is 4.74 Å². The summed E-state index contributed by atoms with van der Waals surface area (Å²) in [5.74, 6) is 0.528. The Kier molecular flexibility index (Phi) is 6.82. The lowest BCUT2D eigenvalue weighted by molar-refractivity contribution is -0.121. The summed E-state index contributed by atoms with van der Waals surface area (Å²) < 4.78 is 30.6. The Morgan fingerprint density at radius 2 is 1.64 bits per heavy atom. The third-order valence-corrected chi connectivity index (χ3v) is 4.62. The molecule has 0 aromatic heterocycles. The van der Waals surface area contributed by atoms with Gasteiger partial charge in [0.2, 0.25) is 15.9 Å². The Bertz CT molecular complexity index is 764. The molecule has 1 N–H and O–H groups in total. The largest absolute Gasteiger partial charge is 0.493 e. The van der Waals surface area contributed by atoms with Crippen LogP contribution in [0.5, 0.6) is 5.75 Å². The predicted molar refractivity (Wildman–Crippen MR) is 98.2 cm³/mol. The van der Waals surface area contributed by atoms with Gasteiger partial charge < -0.3 is 10.1 Å². The first-order chi connectivity index (χ1) is 12.0. The van der Waals surface area contributed by atoms with Crippen molar-refractivity contribution < 1.29 is 17.9 Å². The second-order valence-corrected chi connectivity index (χ2v) is 7.34. The molecule has 1 amide bonds. The van der Waals surface area contributed by atoms with E-state index < -0.39 is 10.0 Å². The minimum Gasteiger partial charge on any atom is -0.493 e. The second kappa shape index (κ2) is 9.08. The molecule has 7 heteroatoms. The minimum absolute atomic E-state index is 0.175. The highest BCUT2D eigenvalue weighted by Gasteiger charge is 2.16. The van der Waals surface area contributed by atoms with Crippen molar-refractivity contribution in [2.24, 2.45) is 0 Å². The lowest BCUT2D eigenvalue weighted by Crippen LogP contribution is -2.38. The number of carbonyl (C=O) groups excluding carboxylic acids is 1. The number of amides is 1. The lowest BCUT2D eigenvalue weighted by atomic mass is 10.3. The number of nitrogens with one attached hydrogen (secondary N) is 1. The third kappa shape index (κ3) is 6.46. The summed E-state index contributed by atoms with van der Waals surface area (Å²) in [6.45, 7) is 0.671. The van der Waals surface area contributed by atoms with E-state index in [2.05, 4.69) is 5.32 Å². The molecule has 0 saturated heterocycles.